The van der Waals surface area contributed by atoms with Gasteiger partial charge in [0.2, 0.25) is 0 Å². The Hall–Kier alpha value is -0.101. The van der Waals surface area contributed by atoms with E-state index in [0.717, 1.165) is 0 Å². The second-order valence-corrected chi connectivity index (χ2v) is 3.02. The second-order valence-electron chi connectivity index (χ2n) is 2.32. The summed E-state index contributed by atoms with van der Waals surface area (Å²) < 4.78 is 0. The Morgan fingerprint density at radius 3 is 0.923 bits per heavy atom. The van der Waals surface area contributed by atoms with Crippen LogP contribution in [0.3, 0.4) is 0 Å². The van der Waals surface area contributed by atoms with Crippen molar-refractivity contribution in [3.05, 3.63) is 0 Å². The van der Waals surface area contributed by atoms with Crippen LogP contribution in [0.1, 0.15) is 0 Å². The number of hydrogen-bond donors (Lipinski definition) is 0. The largest absolute Gasteiger partial charge is 2.00 e. The van der Waals surface area contributed by atoms with Crippen molar-refractivity contribution in [2.45, 2.75) is 0 Å². The van der Waals surface area contributed by atoms with Crippen molar-refractivity contribution >= 4 is 51.9 Å². The summed E-state index contributed by atoms with van der Waals surface area (Å²) in [5, 5.41) is 19.1. The molecule has 0 aromatic rings. The SMILES string of the molecule is CN(C)C([O-])=S.CN(C)C([O-])=S.[Se+2]. The average molecular weight is 287 g/mol. The van der Waals surface area contributed by atoms with Gasteiger partial charge in [-0.05, 0) is 0 Å². The van der Waals surface area contributed by atoms with Crippen LogP contribution in [-0.4, -0.2) is 65.4 Å². The molecule has 76 valence electrons. The molecule has 0 rings (SSSR count). The molecular weight excluding hydrogens is 275 g/mol. The fraction of sp³-hybridized carbons (Fsp3) is 0.667. The first-order valence-corrected chi connectivity index (χ1v) is 3.87. The normalized spacial score (nSPS) is 7.08. The monoisotopic (exact) mass is 288 g/mol. The summed E-state index contributed by atoms with van der Waals surface area (Å²) in [4.78, 5) is 2.69. The van der Waals surface area contributed by atoms with Gasteiger partial charge in [0, 0.05) is 38.5 Å². The molecule has 13 heavy (non-hydrogen) atoms. The van der Waals surface area contributed by atoms with Crippen molar-refractivity contribution in [3.63, 3.8) is 0 Å². The van der Waals surface area contributed by atoms with Gasteiger partial charge >= 0.3 is 17.1 Å². The van der Waals surface area contributed by atoms with Crippen LogP contribution in [-0.2, 0) is 0 Å². The second kappa shape index (κ2) is 9.98. The Morgan fingerprint density at radius 2 is 0.923 bits per heavy atom. The van der Waals surface area contributed by atoms with Crippen molar-refractivity contribution in [1.29, 1.82) is 0 Å². The van der Waals surface area contributed by atoms with E-state index in [1.165, 1.54) is 9.80 Å². The third-order valence-corrected chi connectivity index (χ3v) is 1.46. The van der Waals surface area contributed by atoms with E-state index in [4.69, 9.17) is 0 Å². The quantitative estimate of drug-likeness (QED) is 0.380. The summed E-state index contributed by atoms with van der Waals surface area (Å²) >= 11 is 8.38. The first-order chi connectivity index (χ1) is 5.29. The van der Waals surface area contributed by atoms with Crippen LogP contribution in [0.25, 0.3) is 0 Å². The van der Waals surface area contributed by atoms with Gasteiger partial charge < -0.3 is 20.0 Å². The zero-order valence-electron chi connectivity index (χ0n) is 7.94. The molecule has 0 saturated heterocycles. The summed E-state index contributed by atoms with van der Waals surface area (Å²) in [5.41, 5.74) is 0. The van der Waals surface area contributed by atoms with E-state index >= 15 is 0 Å². The van der Waals surface area contributed by atoms with Crippen molar-refractivity contribution in [1.82, 2.24) is 9.80 Å². The number of thiocarbonyl (C=S) groups is 2. The van der Waals surface area contributed by atoms with E-state index in [1.807, 2.05) is 0 Å². The van der Waals surface area contributed by atoms with Gasteiger partial charge in [0.1, 0.15) is 0 Å². The molecule has 0 N–H and O–H groups in total. The van der Waals surface area contributed by atoms with E-state index in [2.05, 4.69) is 24.4 Å². The van der Waals surface area contributed by atoms with Crippen molar-refractivity contribution < 1.29 is 10.2 Å². The van der Waals surface area contributed by atoms with Gasteiger partial charge in [-0.3, -0.25) is 0 Å². The third-order valence-electron chi connectivity index (χ3n) is 0.730. The van der Waals surface area contributed by atoms with Crippen molar-refractivity contribution in [2.24, 2.45) is 0 Å². The minimum atomic E-state index is -0.324. The first kappa shape index (κ1) is 18.6. The maximum Gasteiger partial charge on any atom is 2.00 e. The Bertz CT molecular complexity index is 147. The Kier molecular flexibility index (Phi) is 14.3. The van der Waals surface area contributed by atoms with E-state index in [0.29, 0.717) is 0 Å². The van der Waals surface area contributed by atoms with Crippen LogP contribution in [0.4, 0.5) is 0 Å². The molecule has 0 fully saturated rings. The minimum absolute atomic E-state index is 0. The maximum absolute atomic E-state index is 9.88. The van der Waals surface area contributed by atoms with E-state index in [-0.39, 0.29) is 27.4 Å². The first-order valence-electron chi connectivity index (χ1n) is 3.05. The molecule has 4 radical (unpaired) electrons. The predicted octanol–water partition coefficient (Wildman–Crippen LogP) is -1.99. The molecule has 0 aliphatic heterocycles. The Labute approximate surface area is 100.0 Å². The minimum Gasteiger partial charge on any atom is -0.852 e. The number of hydrogen-bond acceptors (Lipinski definition) is 4. The van der Waals surface area contributed by atoms with Crippen LogP contribution in [0.5, 0.6) is 0 Å². The van der Waals surface area contributed by atoms with Crippen LogP contribution < -0.4 is 10.2 Å². The topological polar surface area (TPSA) is 52.6 Å². The van der Waals surface area contributed by atoms with Crippen LogP contribution in [0.15, 0.2) is 0 Å². The fourth-order valence-electron chi connectivity index (χ4n) is 0. The molecule has 4 nitrogen and oxygen atoms in total. The predicted molar refractivity (Wildman–Crippen MR) is 58.3 cm³/mol. The smallest absolute Gasteiger partial charge is 0.852 e. The van der Waals surface area contributed by atoms with Gasteiger partial charge in [-0.2, -0.15) is 0 Å². The summed E-state index contributed by atoms with van der Waals surface area (Å²) in [6.07, 6.45) is 0. The Morgan fingerprint density at radius 1 is 0.846 bits per heavy atom. The van der Waals surface area contributed by atoms with E-state index in [1.54, 1.807) is 28.2 Å². The van der Waals surface area contributed by atoms with Gasteiger partial charge in [-0.25, -0.2) is 0 Å². The number of rotatable bonds is 0. The standard InChI is InChI=1S/2C3H7NOS.Se/c2*1-4(2)3(5)6;/h2*1-2H3,(H,5,6);/q;;+2/p-2. The fourth-order valence-corrected chi connectivity index (χ4v) is 0. The Balaban J connectivity index is -0.000000143. The van der Waals surface area contributed by atoms with Crippen molar-refractivity contribution in [2.75, 3.05) is 28.2 Å². The summed E-state index contributed by atoms with van der Waals surface area (Å²) in [6, 6.07) is 0. The molecule has 0 bridgehead atoms. The zero-order chi connectivity index (χ0) is 10.3. The van der Waals surface area contributed by atoms with Gasteiger partial charge in [-0.1, -0.05) is 24.4 Å². The molecule has 0 aliphatic carbocycles. The van der Waals surface area contributed by atoms with Crippen LogP contribution >= 0.6 is 24.4 Å². The molecule has 7 heteroatoms. The van der Waals surface area contributed by atoms with Gasteiger partial charge in [0.05, 0.1) is 0 Å². The molecule has 0 aliphatic rings. The molecular formula is C6H12N2O2S2Se. The van der Waals surface area contributed by atoms with E-state index < -0.39 is 0 Å². The molecule has 0 atom stereocenters. The summed E-state index contributed by atoms with van der Waals surface area (Å²) in [6.45, 7) is 0. The molecule has 0 aromatic heterocycles. The van der Waals surface area contributed by atoms with Gasteiger partial charge in [0.25, 0.3) is 0 Å². The molecule has 0 aromatic carbocycles. The average Bonchev–Trinajstić information content (AvgIpc) is 1.88. The summed E-state index contributed by atoms with van der Waals surface area (Å²) in [5.74, 6) is 0. The maximum atomic E-state index is 9.88. The van der Waals surface area contributed by atoms with Gasteiger partial charge in [0.15, 0.2) is 0 Å². The van der Waals surface area contributed by atoms with Crippen molar-refractivity contribution in [3.8, 4) is 0 Å². The summed E-state index contributed by atoms with van der Waals surface area (Å²) in [7, 11) is 6.48. The van der Waals surface area contributed by atoms with Gasteiger partial charge in [-0.15, -0.1) is 0 Å². The molecule has 0 heterocycles. The molecule has 0 spiro atoms. The van der Waals surface area contributed by atoms with Crippen LogP contribution in [0.2, 0.25) is 0 Å². The molecule has 0 unspecified atom stereocenters. The zero-order valence-corrected chi connectivity index (χ0v) is 11.3. The third kappa shape index (κ3) is 18.7. The van der Waals surface area contributed by atoms with E-state index in [9.17, 15) is 10.2 Å². The number of nitrogens with zero attached hydrogens (tertiary/aromatic N) is 2. The van der Waals surface area contributed by atoms with Crippen LogP contribution in [0, 0.1) is 0 Å². The molecule has 0 amide bonds. The molecule has 0 saturated carbocycles.